The number of hydrogen-bond acceptors (Lipinski definition) is 7. The Bertz CT molecular complexity index is 994. The summed E-state index contributed by atoms with van der Waals surface area (Å²) in [5.74, 6) is 0.608. The van der Waals surface area contributed by atoms with E-state index in [1.807, 2.05) is 0 Å². The zero-order valence-corrected chi connectivity index (χ0v) is 20.8. The molecule has 5 fully saturated rings. The number of carbonyl (C=O) groups excluding carboxylic acids is 1. The number of halogens is 1. The summed E-state index contributed by atoms with van der Waals surface area (Å²) in [5, 5.41) is 6.99. The third-order valence-electron chi connectivity index (χ3n) is 7.81. The Morgan fingerprint density at radius 1 is 1.19 bits per heavy atom. The summed E-state index contributed by atoms with van der Waals surface area (Å²) in [6.07, 6.45) is 3.94. The van der Waals surface area contributed by atoms with Crippen molar-refractivity contribution in [1.82, 2.24) is 22.2 Å². The lowest BCUT2D eigenvalue weighted by molar-refractivity contribution is -0.00228. The molecular weight excluding hydrogens is 549 g/mol. The fourth-order valence-corrected chi connectivity index (χ4v) is 9.65. The van der Waals surface area contributed by atoms with E-state index in [9.17, 15) is 13.2 Å². The largest absolute Gasteiger partial charge is 0.380 e. The van der Waals surface area contributed by atoms with Crippen LogP contribution in [0.25, 0.3) is 0 Å². The van der Waals surface area contributed by atoms with Gasteiger partial charge in [0.25, 0.3) is 16.1 Å². The number of rotatable bonds is 5. The summed E-state index contributed by atoms with van der Waals surface area (Å²) < 4.78 is 43.2. The Morgan fingerprint density at radius 3 is 2.53 bits per heavy atom. The van der Waals surface area contributed by atoms with Gasteiger partial charge >= 0.3 is 0 Å². The second kappa shape index (κ2) is 7.87. The molecule has 0 radical (unpaired) electrons. The molecule has 3 atom stereocenters. The van der Waals surface area contributed by atoms with Crippen LogP contribution in [-0.4, -0.2) is 88.7 Å². The number of fused-ring (bicyclic) bond motifs is 2. The van der Waals surface area contributed by atoms with Gasteiger partial charge in [0, 0.05) is 78.7 Å². The van der Waals surface area contributed by atoms with E-state index in [0.717, 1.165) is 32.4 Å². The maximum Gasteiger partial charge on any atom is 0.282 e. The Kier molecular flexibility index (Phi) is 5.34. The zero-order chi connectivity index (χ0) is 22.1. The highest BCUT2D eigenvalue weighted by Gasteiger charge is 2.54. The normalized spacial score (nSPS) is 33.3. The number of piperidine rings is 1. The van der Waals surface area contributed by atoms with Crippen molar-refractivity contribution in [3.63, 3.8) is 0 Å². The predicted octanol–water partition coefficient (Wildman–Crippen LogP) is 1.12. The minimum absolute atomic E-state index is 0.0527. The van der Waals surface area contributed by atoms with Crippen molar-refractivity contribution in [3.8, 4) is 0 Å². The van der Waals surface area contributed by atoms with Crippen molar-refractivity contribution >= 4 is 39.0 Å². The molecule has 0 saturated carbocycles. The van der Waals surface area contributed by atoms with Crippen LogP contribution in [0.2, 0.25) is 0 Å². The number of hydrogen-bond donors (Lipinski definition) is 1. The van der Waals surface area contributed by atoms with Crippen LogP contribution < -0.4 is 5.32 Å². The molecule has 1 aromatic rings. The zero-order valence-electron chi connectivity index (χ0n) is 17.8. The monoisotopic (exact) mass is 577 g/mol. The molecule has 176 valence electrons. The molecule has 5 saturated heterocycles. The summed E-state index contributed by atoms with van der Waals surface area (Å²) in [6.45, 7) is 4.38. The molecule has 5 aliphatic rings. The van der Waals surface area contributed by atoms with E-state index in [-0.39, 0.29) is 41.1 Å². The number of carbonyl (C=O) groups is 1. The molecule has 32 heavy (non-hydrogen) atoms. The molecule has 1 unspecified atom stereocenters. The molecule has 1 N–H and O–H groups in total. The summed E-state index contributed by atoms with van der Waals surface area (Å²) in [5.41, 5.74) is 0.420. The molecule has 12 heteroatoms. The highest BCUT2D eigenvalue weighted by Crippen LogP contribution is 2.45. The van der Waals surface area contributed by atoms with Gasteiger partial charge < -0.3 is 14.6 Å². The maximum absolute atomic E-state index is 13.5. The van der Waals surface area contributed by atoms with Gasteiger partial charge in [0.05, 0.1) is 19.1 Å². The molecule has 6 rings (SSSR count). The van der Waals surface area contributed by atoms with Gasteiger partial charge in [-0.3, -0.25) is 4.79 Å². The van der Waals surface area contributed by atoms with Crippen molar-refractivity contribution in [2.75, 3.05) is 39.4 Å². The summed E-state index contributed by atoms with van der Waals surface area (Å²) in [6, 6.07) is 1.53. The molecular formula is C20H28IN5O5S. The maximum atomic E-state index is 13.5. The highest BCUT2D eigenvalue weighted by molar-refractivity contribution is 14.1. The Balaban J connectivity index is 1.09. The fourth-order valence-electron chi connectivity index (χ4n) is 6.04. The third-order valence-corrected chi connectivity index (χ3v) is 10.6. The second-order valence-corrected chi connectivity index (χ2v) is 13.3. The van der Waals surface area contributed by atoms with E-state index in [4.69, 9.17) is 9.26 Å². The van der Waals surface area contributed by atoms with Crippen LogP contribution in [-0.2, 0) is 14.9 Å². The van der Waals surface area contributed by atoms with Crippen molar-refractivity contribution < 1.29 is 22.5 Å². The number of nitrogens with zero attached hydrogens (tertiary/aromatic N) is 4. The minimum Gasteiger partial charge on any atom is -0.380 e. The van der Waals surface area contributed by atoms with Crippen LogP contribution in [0, 0.1) is 5.41 Å². The highest BCUT2D eigenvalue weighted by atomic mass is 127. The quantitative estimate of drug-likeness (QED) is 0.413. The van der Waals surface area contributed by atoms with E-state index in [1.165, 1.54) is 0 Å². The van der Waals surface area contributed by atoms with E-state index in [2.05, 4.69) is 36.5 Å². The van der Waals surface area contributed by atoms with Crippen LogP contribution in [0.5, 0.6) is 0 Å². The lowest BCUT2D eigenvalue weighted by Crippen LogP contribution is -2.57. The Morgan fingerprint density at radius 2 is 1.91 bits per heavy atom. The molecule has 0 aromatic carbocycles. The topological polar surface area (TPSA) is 108 Å². The molecule has 1 amide bonds. The van der Waals surface area contributed by atoms with Gasteiger partial charge in [-0.25, -0.2) is 3.11 Å². The van der Waals surface area contributed by atoms with E-state index in [1.54, 1.807) is 14.7 Å². The average molecular weight is 577 g/mol. The first-order chi connectivity index (χ1) is 15.3. The van der Waals surface area contributed by atoms with E-state index < -0.39 is 10.2 Å². The average Bonchev–Trinajstić information content (AvgIpc) is 3.38. The number of ether oxygens (including phenoxy) is 1. The SMILES string of the molecule is O=C(NC1C[C@H]2CC[C@@H](C1)N2S(=O)(=O)N1CCC2(CN(I)C2)C1)c1cc(C2COC2)on1. The molecule has 6 heterocycles. The smallest absolute Gasteiger partial charge is 0.282 e. The van der Waals surface area contributed by atoms with Crippen molar-refractivity contribution in [2.45, 2.75) is 56.1 Å². The fraction of sp³-hybridized carbons (Fsp3) is 0.800. The first-order valence-electron chi connectivity index (χ1n) is 11.4. The summed E-state index contributed by atoms with van der Waals surface area (Å²) in [7, 11) is -3.48. The molecule has 1 spiro atoms. The van der Waals surface area contributed by atoms with Gasteiger partial charge in [0.2, 0.25) is 0 Å². The van der Waals surface area contributed by atoms with Gasteiger partial charge in [-0.15, -0.1) is 0 Å². The molecule has 1 aromatic heterocycles. The Labute approximate surface area is 201 Å². The van der Waals surface area contributed by atoms with Gasteiger partial charge in [-0.2, -0.15) is 17.0 Å². The first kappa shape index (κ1) is 21.7. The van der Waals surface area contributed by atoms with Crippen LogP contribution in [0.1, 0.15) is 54.3 Å². The minimum atomic E-state index is -3.48. The van der Waals surface area contributed by atoms with Crippen LogP contribution in [0.3, 0.4) is 0 Å². The lowest BCUT2D eigenvalue weighted by atomic mass is 9.81. The van der Waals surface area contributed by atoms with Gasteiger partial charge in [0.15, 0.2) is 5.69 Å². The van der Waals surface area contributed by atoms with Crippen LogP contribution in [0.15, 0.2) is 10.6 Å². The molecule has 5 aliphatic heterocycles. The molecule has 2 bridgehead atoms. The second-order valence-electron chi connectivity index (χ2n) is 10.1. The van der Waals surface area contributed by atoms with E-state index in [0.29, 0.717) is 44.9 Å². The van der Waals surface area contributed by atoms with Crippen molar-refractivity contribution in [2.24, 2.45) is 5.41 Å². The van der Waals surface area contributed by atoms with Gasteiger partial charge in [0.1, 0.15) is 5.76 Å². The van der Waals surface area contributed by atoms with Crippen LogP contribution >= 0.6 is 22.9 Å². The molecule has 0 aliphatic carbocycles. The first-order valence-corrected chi connectivity index (χ1v) is 13.7. The lowest BCUT2D eigenvalue weighted by Gasteiger charge is -2.45. The number of amides is 1. The molecule has 10 nitrogen and oxygen atoms in total. The Hall–Kier alpha value is -0.800. The summed E-state index contributed by atoms with van der Waals surface area (Å²) >= 11 is 2.31. The van der Waals surface area contributed by atoms with E-state index >= 15 is 0 Å². The predicted molar refractivity (Wildman–Crippen MR) is 122 cm³/mol. The number of nitrogens with one attached hydrogen (secondary N) is 1. The van der Waals surface area contributed by atoms with Crippen molar-refractivity contribution in [3.05, 3.63) is 17.5 Å². The summed E-state index contributed by atoms with van der Waals surface area (Å²) in [4.78, 5) is 12.7. The third kappa shape index (κ3) is 3.61. The van der Waals surface area contributed by atoms with Gasteiger partial charge in [-0.05, 0) is 32.1 Å². The standard InChI is InChI=1S/C20H28IN5O5S/c21-24-10-20(11-24)3-4-25(12-20)32(28,29)26-15-1-2-16(26)6-14(5-15)22-19(27)17-7-18(31-23-17)13-8-30-9-13/h7,13-16H,1-6,8-12H2,(H,22,27)/t14?,15-,16+. The van der Waals surface area contributed by atoms with Crippen LogP contribution in [0.4, 0.5) is 0 Å². The number of aromatic nitrogens is 1. The van der Waals surface area contributed by atoms with Gasteiger partial charge in [-0.1, -0.05) is 5.16 Å². The van der Waals surface area contributed by atoms with Crippen molar-refractivity contribution in [1.29, 1.82) is 0 Å².